The molecule has 1 N–H and O–H groups in total. The molecule has 0 saturated carbocycles. The number of aryl methyl sites for hydroxylation is 1. The van der Waals surface area contributed by atoms with Crippen molar-refractivity contribution in [2.45, 2.75) is 45.6 Å². The first kappa shape index (κ1) is 15.8. The van der Waals surface area contributed by atoms with Crippen molar-refractivity contribution < 1.29 is 4.74 Å². The minimum Gasteiger partial charge on any atom is -0.496 e. The molecular formula is C17H27NO. The summed E-state index contributed by atoms with van der Waals surface area (Å²) in [4.78, 5) is 0. The quantitative estimate of drug-likeness (QED) is 0.743. The van der Waals surface area contributed by atoms with Gasteiger partial charge in [0.25, 0.3) is 0 Å². The number of benzene rings is 1. The Balaban J connectivity index is 2.51. The minimum absolute atomic E-state index is 0.231. The Morgan fingerprint density at radius 2 is 2.05 bits per heavy atom. The number of allylic oxidation sites excluding steroid dienone is 1. The number of rotatable bonds is 7. The molecule has 0 aromatic heterocycles. The smallest absolute Gasteiger partial charge is 0.126 e. The topological polar surface area (TPSA) is 21.3 Å². The minimum atomic E-state index is 0.231. The van der Waals surface area contributed by atoms with Gasteiger partial charge in [0.15, 0.2) is 0 Å². The van der Waals surface area contributed by atoms with E-state index < -0.39 is 0 Å². The number of nitrogens with one attached hydrogen (secondary N) is 1. The molecule has 0 aliphatic heterocycles. The Bertz CT molecular complexity index is 421. The molecule has 0 saturated heterocycles. The normalized spacial score (nSPS) is 12.1. The highest BCUT2D eigenvalue weighted by atomic mass is 16.5. The molecule has 2 nitrogen and oxygen atoms in total. The molecule has 0 spiro atoms. The lowest BCUT2D eigenvalue weighted by atomic mass is 9.97. The number of unbranched alkanes of at least 4 members (excludes halogenated alkanes) is 1. The van der Waals surface area contributed by atoms with Crippen LogP contribution in [0.25, 0.3) is 6.08 Å². The van der Waals surface area contributed by atoms with Crippen LogP contribution in [0.3, 0.4) is 0 Å². The van der Waals surface area contributed by atoms with E-state index in [1.54, 1.807) is 7.11 Å². The van der Waals surface area contributed by atoms with E-state index in [1.165, 1.54) is 18.4 Å². The zero-order chi connectivity index (χ0) is 14.3. The van der Waals surface area contributed by atoms with Crippen molar-refractivity contribution in [3.63, 3.8) is 0 Å². The van der Waals surface area contributed by atoms with Crippen molar-refractivity contribution in [3.05, 3.63) is 35.4 Å². The molecule has 0 aliphatic rings. The molecule has 0 aliphatic carbocycles. The molecule has 0 amide bonds. The summed E-state index contributed by atoms with van der Waals surface area (Å²) in [6.07, 6.45) is 7.88. The second kappa shape index (κ2) is 7.34. The third-order valence-corrected chi connectivity index (χ3v) is 3.53. The lowest BCUT2D eigenvalue weighted by Crippen LogP contribution is -2.35. The maximum Gasteiger partial charge on any atom is 0.126 e. The van der Waals surface area contributed by atoms with Gasteiger partial charge < -0.3 is 10.1 Å². The maximum atomic E-state index is 5.37. The van der Waals surface area contributed by atoms with Gasteiger partial charge in [0.2, 0.25) is 0 Å². The largest absolute Gasteiger partial charge is 0.496 e. The van der Waals surface area contributed by atoms with Crippen LogP contribution in [0.2, 0.25) is 0 Å². The third kappa shape index (κ3) is 5.48. The molecule has 0 bridgehead atoms. The Hall–Kier alpha value is -1.28. The van der Waals surface area contributed by atoms with E-state index in [0.29, 0.717) is 0 Å². The van der Waals surface area contributed by atoms with Gasteiger partial charge in [0.05, 0.1) is 7.11 Å². The Morgan fingerprint density at radius 1 is 1.32 bits per heavy atom. The summed E-state index contributed by atoms with van der Waals surface area (Å²) in [5, 5.41) is 3.33. The molecular weight excluding hydrogens is 234 g/mol. The summed E-state index contributed by atoms with van der Waals surface area (Å²) in [6, 6.07) is 6.26. The van der Waals surface area contributed by atoms with E-state index in [-0.39, 0.29) is 5.54 Å². The van der Waals surface area contributed by atoms with Gasteiger partial charge in [-0.3, -0.25) is 0 Å². The van der Waals surface area contributed by atoms with Gasteiger partial charge in [-0.2, -0.15) is 0 Å². The molecule has 1 aromatic rings. The summed E-state index contributed by atoms with van der Waals surface area (Å²) in [7, 11) is 3.74. The summed E-state index contributed by atoms with van der Waals surface area (Å²) in [5.74, 6) is 0.942. The predicted molar refractivity (Wildman–Crippen MR) is 83.8 cm³/mol. The zero-order valence-corrected chi connectivity index (χ0v) is 12.9. The standard InChI is InChI=1S/C17H27NO/c1-14-10-11-16(19-5)15(13-14)9-7-6-8-12-17(2,3)18-4/h7,9-11,13,18H,6,8,12H2,1-5H3/b9-7+. The van der Waals surface area contributed by atoms with E-state index >= 15 is 0 Å². The molecule has 1 rings (SSSR count). The first-order valence-electron chi connectivity index (χ1n) is 6.98. The highest BCUT2D eigenvalue weighted by Crippen LogP contribution is 2.21. The Kier molecular flexibility index (Phi) is 6.10. The molecule has 19 heavy (non-hydrogen) atoms. The van der Waals surface area contributed by atoms with Crippen molar-refractivity contribution in [2.75, 3.05) is 14.2 Å². The maximum absolute atomic E-state index is 5.37. The summed E-state index contributed by atoms with van der Waals surface area (Å²) in [5.41, 5.74) is 2.65. The second-order valence-corrected chi connectivity index (χ2v) is 5.67. The number of hydrogen-bond donors (Lipinski definition) is 1. The van der Waals surface area contributed by atoms with E-state index in [1.807, 2.05) is 13.1 Å². The van der Waals surface area contributed by atoms with Gasteiger partial charge in [-0.25, -0.2) is 0 Å². The lowest BCUT2D eigenvalue weighted by Gasteiger charge is -2.23. The average Bonchev–Trinajstić information content (AvgIpc) is 2.38. The van der Waals surface area contributed by atoms with Crippen molar-refractivity contribution >= 4 is 6.08 Å². The van der Waals surface area contributed by atoms with E-state index in [9.17, 15) is 0 Å². The molecule has 0 fully saturated rings. The number of ether oxygens (including phenoxy) is 1. The zero-order valence-electron chi connectivity index (χ0n) is 12.9. The lowest BCUT2D eigenvalue weighted by molar-refractivity contribution is 0.383. The van der Waals surface area contributed by atoms with Gasteiger partial charge in [-0.15, -0.1) is 0 Å². The van der Waals surface area contributed by atoms with Crippen LogP contribution in [-0.4, -0.2) is 19.7 Å². The third-order valence-electron chi connectivity index (χ3n) is 3.53. The van der Waals surface area contributed by atoms with Crippen LogP contribution in [0.4, 0.5) is 0 Å². The molecule has 1 aromatic carbocycles. The van der Waals surface area contributed by atoms with Crippen molar-refractivity contribution in [1.29, 1.82) is 0 Å². The Morgan fingerprint density at radius 3 is 2.68 bits per heavy atom. The number of methoxy groups -OCH3 is 1. The van der Waals surface area contributed by atoms with Gasteiger partial charge in [0, 0.05) is 11.1 Å². The first-order valence-corrected chi connectivity index (χ1v) is 6.98. The number of hydrogen-bond acceptors (Lipinski definition) is 2. The van der Waals surface area contributed by atoms with Crippen molar-refractivity contribution in [2.24, 2.45) is 0 Å². The predicted octanol–water partition coefficient (Wildman–Crippen LogP) is 4.19. The molecule has 0 atom stereocenters. The average molecular weight is 261 g/mol. The second-order valence-electron chi connectivity index (χ2n) is 5.67. The van der Waals surface area contributed by atoms with Gasteiger partial charge in [0.1, 0.15) is 5.75 Å². The van der Waals surface area contributed by atoms with Gasteiger partial charge in [-0.05, 0) is 59.2 Å². The molecule has 106 valence electrons. The molecule has 0 heterocycles. The summed E-state index contributed by atoms with van der Waals surface area (Å²) in [6.45, 7) is 6.58. The van der Waals surface area contributed by atoms with E-state index in [0.717, 1.165) is 17.7 Å². The van der Waals surface area contributed by atoms with Crippen LogP contribution >= 0.6 is 0 Å². The first-order chi connectivity index (χ1) is 8.98. The van der Waals surface area contributed by atoms with Crippen molar-refractivity contribution in [1.82, 2.24) is 5.32 Å². The van der Waals surface area contributed by atoms with Gasteiger partial charge in [-0.1, -0.05) is 23.8 Å². The van der Waals surface area contributed by atoms with Crippen LogP contribution in [0, 0.1) is 6.92 Å². The Labute approximate surface area is 117 Å². The van der Waals surface area contributed by atoms with Crippen LogP contribution in [0.5, 0.6) is 5.75 Å². The summed E-state index contributed by atoms with van der Waals surface area (Å²) >= 11 is 0. The van der Waals surface area contributed by atoms with E-state index in [4.69, 9.17) is 4.74 Å². The highest BCUT2D eigenvalue weighted by Gasteiger charge is 2.12. The molecule has 2 heteroatoms. The summed E-state index contributed by atoms with van der Waals surface area (Å²) < 4.78 is 5.37. The van der Waals surface area contributed by atoms with Crippen LogP contribution < -0.4 is 10.1 Å². The highest BCUT2D eigenvalue weighted by molar-refractivity contribution is 5.58. The molecule has 0 unspecified atom stereocenters. The van der Waals surface area contributed by atoms with Crippen LogP contribution in [0.15, 0.2) is 24.3 Å². The SMILES string of the molecule is CNC(C)(C)CCC/C=C/c1cc(C)ccc1OC. The molecule has 0 radical (unpaired) electrons. The fourth-order valence-corrected chi connectivity index (χ4v) is 1.98. The van der Waals surface area contributed by atoms with Crippen LogP contribution in [0.1, 0.15) is 44.2 Å². The van der Waals surface area contributed by atoms with Gasteiger partial charge >= 0.3 is 0 Å². The fourth-order valence-electron chi connectivity index (χ4n) is 1.98. The monoisotopic (exact) mass is 261 g/mol. The fraction of sp³-hybridized carbons (Fsp3) is 0.529. The van der Waals surface area contributed by atoms with E-state index in [2.05, 4.69) is 50.4 Å². The van der Waals surface area contributed by atoms with Crippen molar-refractivity contribution in [3.8, 4) is 5.75 Å². The van der Waals surface area contributed by atoms with Crippen LogP contribution in [-0.2, 0) is 0 Å².